The molecule has 0 bridgehead atoms. The first-order chi connectivity index (χ1) is 13.2. The van der Waals surface area contributed by atoms with Crippen LogP contribution in [0, 0.1) is 5.82 Å². The summed E-state index contributed by atoms with van der Waals surface area (Å²) in [6.07, 6.45) is 2.73. The van der Waals surface area contributed by atoms with Crippen LogP contribution in [0.5, 0.6) is 0 Å². The third kappa shape index (κ3) is 3.43. The van der Waals surface area contributed by atoms with Gasteiger partial charge in [-0.25, -0.2) is 4.39 Å². The van der Waals surface area contributed by atoms with Crippen molar-refractivity contribution in [2.45, 2.75) is 26.4 Å². The maximum Gasteiger partial charge on any atom is 0.254 e. The lowest BCUT2D eigenvalue weighted by Crippen LogP contribution is -2.24. The Labute approximate surface area is 157 Å². The molecule has 0 saturated heterocycles. The predicted octanol–water partition coefficient (Wildman–Crippen LogP) is 4.19. The minimum absolute atomic E-state index is 0.117. The van der Waals surface area contributed by atoms with E-state index in [1.165, 1.54) is 12.1 Å². The number of fused-ring (bicyclic) bond motifs is 1. The molecule has 0 atom stereocenters. The highest BCUT2D eigenvalue weighted by atomic mass is 19.1. The fourth-order valence-electron chi connectivity index (χ4n) is 3.45. The molecular formula is C21H21FN4O. The van der Waals surface area contributed by atoms with Crippen molar-refractivity contribution in [1.82, 2.24) is 15.1 Å². The van der Waals surface area contributed by atoms with Gasteiger partial charge in [0, 0.05) is 42.0 Å². The number of carbonyl (C=O) groups is 1. The van der Waals surface area contributed by atoms with Gasteiger partial charge in [-0.15, -0.1) is 0 Å². The topological polar surface area (TPSA) is 61.0 Å². The summed E-state index contributed by atoms with van der Waals surface area (Å²) in [5.74, 6) is -0.144. The molecule has 138 valence electrons. The molecule has 1 aliphatic heterocycles. The molecule has 3 aromatic rings. The number of carbonyl (C=O) groups excluding carboxylic acids is 1. The highest BCUT2D eigenvalue weighted by Crippen LogP contribution is 2.27. The lowest BCUT2D eigenvalue weighted by molar-refractivity contribution is 0.0778. The Balaban J connectivity index is 1.48. The molecule has 0 unspecified atom stereocenters. The van der Waals surface area contributed by atoms with Crippen molar-refractivity contribution in [2.75, 3.05) is 11.9 Å². The second-order valence-electron chi connectivity index (χ2n) is 6.73. The predicted molar refractivity (Wildman–Crippen MR) is 103 cm³/mol. The van der Waals surface area contributed by atoms with Gasteiger partial charge in [-0.3, -0.25) is 9.89 Å². The Morgan fingerprint density at radius 1 is 1.22 bits per heavy atom. The van der Waals surface area contributed by atoms with Crippen LogP contribution in [0.1, 0.15) is 34.8 Å². The summed E-state index contributed by atoms with van der Waals surface area (Å²) >= 11 is 0. The van der Waals surface area contributed by atoms with Crippen LogP contribution in [0.2, 0.25) is 0 Å². The molecule has 27 heavy (non-hydrogen) atoms. The number of rotatable bonds is 6. The molecule has 2 aromatic carbocycles. The van der Waals surface area contributed by atoms with Gasteiger partial charge in [-0.2, -0.15) is 5.10 Å². The van der Waals surface area contributed by atoms with Crippen LogP contribution in [0.4, 0.5) is 10.1 Å². The zero-order valence-electron chi connectivity index (χ0n) is 15.1. The van der Waals surface area contributed by atoms with Gasteiger partial charge < -0.3 is 10.2 Å². The maximum absolute atomic E-state index is 13.1. The van der Waals surface area contributed by atoms with Crippen LogP contribution in [0.25, 0.3) is 11.3 Å². The Morgan fingerprint density at radius 3 is 2.81 bits per heavy atom. The molecule has 1 aromatic heterocycles. The van der Waals surface area contributed by atoms with E-state index in [-0.39, 0.29) is 11.7 Å². The van der Waals surface area contributed by atoms with Gasteiger partial charge in [0.15, 0.2) is 0 Å². The fourth-order valence-corrected chi connectivity index (χ4v) is 3.45. The van der Waals surface area contributed by atoms with Crippen molar-refractivity contribution < 1.29 is 9.18 Å². The van der Waals surface area contributed by atoms with E-state index >= 15 is 0 Å². The van der Waals surface area contributed by atoms with E-state index in [9.17, 15) is 9.18 Å². The van der Waals surface area contributed by atoms with E-state index < -0.39 is 0 Å². The van der Waals surface area contributed by atoms with Crippen molar-refractivity contribution in [1.29, 1.82) is 0 Å². The number of benzene rings is 2. The van der Waals surface area contributed by atoms with E-state index in [1.807, 2.05) is 23.1 Å². The summed E-state index contributed by atoms with van der Waals surface area (Å²) in [7, 11) is 0. The van der Waals surface area contributed by atoms with Gasteiger partial charge >= 0.3 is 0 Å². The number of hydrogen-bond donors (Lipinski definition) is 2. The summed E-state index contributed by atoms with van der Waals surface area (Å²) in [5, 5.41) is 10.5. The number of halogens is 1. The van der Waals surface area contributed by atoms with E-state index in [0.29, 0.717) is 13.1 Å². The van der Waals surface area contributed by atoms with Crippen LogP contribution in [-0.2, 0) is 13.1 Å². The highest BCUT2D eigenvalue weighted by Gasteiger charge is 2.26. The number of amides is 1. The lowest BCUT2D eigenvalue weighted by atomic mass is 10.1. The average Bonchev–Trinajstić information content (AvgIpc) is 3.26. The Morgan fingerprint density at radius 2 is 2.04 bits per heavy atom. The fraction of sp³-hybridized carbons (Fsp3) is 0.238. The molecular weight excluding hydrogens is 343 g/mol. The van der Waals surface area contributed by atoms with Crippen LogP contribution in [-0.4, -0.2) is 27.5 Å². The van der Waals surface area contributed by atoms with Crippen LogP contribution in [0.3, 0.4) is 0 Å². The summed E-state index contributed by atoms with van der Waals surface area (Å²) in [4.78, 5) is 14.2. The van der Waals surface area contributed by atoms with Crippen molar-refractivity contribution in [3.8, 4) is 11.3 Å². The standard InChI is InChI=1S/C21H21FN4O/c1-2-9-26-13-15-10-18(7-8-19(15)21(26)27)23-11-16-12-24-25-20(16)14-3-5-17(22)6-4-14/h3-8,10,12,23H,2,9,11,13H2,1H3,(H,24,25). The Kier molecular flexibility index (Phi) is 4.62. The van der Waals surface area contributed by atoms with Crippen molar-refractivity contribution in [3.05, 3.63) is 71.2 Å². The number of aromatic nitrogens is 2. The lowest BCUT2D eigenvalue weighted by Gasteiger charge is -2.13. The highest BCUT2D eigenvalue weighted by molar-refractivity contribution is 5.98. The summed E-state index contributed by atoms with van der Waals surface area (Å²) in [5.41, 5.74) is 5.57. The smallest absolute Gasteiger partial charge is 0.254 e. The van der Waals surface area contributed by atoms with E-state index in [4.69, 9.17) is 0 Å². The molecule has 2 N–H and O–H groups in total. The van der Waals surface area contributed by atoms with Gasteiger partial charge in [-0.05, 0) is 54.4 Å². The van der Waals surface area contributed by atoms with Crippen molar-refractivity contribution in [3.63, 3.8) is 0 Å². The third-order valence-corrected chi connectivity index (χ3v) is 4.81. The van der Waals surface area contributed by atoms with Gasteiger partial charge in [0.25, 0.3) is 5.91 Å². The second kappa shape index (κ2) is 7.23. The molecule has 1 aliphatic rings. The zero-order chi connectivity index (χ0) is 18.8. The molecule has 0 fully saturated rings. The Bertz CT molecular complexity index is 965. The van der Waals surface area contributed by atoms with E-state index in [0.717, 1.165) is 46.6 Å². The van der Waals surface area contributed by atoms with Gasteiger partial charge in [0.05, 0.1) is 11.9 Å². The van der Waals surface area contributed by atoms with Crippen molar-refractivity contribution in [2.24, 2.45) is 0 Å². The maximum atomic E-state index is 13.1. The molecule has 0 aliphatic carbocycles. The minimum atomic E-state index is -0.261. The number of nitrogens with one attached hydrogen (secondary N) is 2. The molecule has 6 heteroatoms. The van der Waals surface area contributed by atoms with E-state index in [1.54, 1.807) is 18.3 Å². The monoisotopic (exact) mass is 364 g/mol. The molecule has 5 nitrogen and oxygen atoms in total. The van der Waals surface area contributed by atoms with Gasteiger partial charge in [0.1, 0.15) is 5.82 Å². The number of H-pyrrole nitrogens is 1. The molecule has 2 heterocycles. The second-order valence-corrected chi connectivity index (χ2v) is 6.73. The quantitative estimate of drug-likeness (QED) is 0.689. The first kappa shape index (κ1) is 17.3. The summed E-state index contributed by atoms with van der Waals surface area (Å²) in [6.45, 7) is 4.11. The number of hydrogen-bond acceptors (Lipinski definition) is 3. The largest absolute Gasteiger partial charge is 0.381 e. The van der Waals surface area contributed by atoms with Crippen LogP contribution in [0.15, 0.2) is 48.7 Å². The zero-order valence-corrected chi connectivity index (χ0v) is 15.1. The molecule has 4 rings (SSSR count). The average molecular weight is 364 g/mol. The Hall–Kier alpha value is -3.15. The normalized spacial score (nSPS) is 13.1. The van der Waals surface area contributed by atoms with Crippen molar-refractivity contribution >= 4 is 11.6 Å². The van der Waals surface area contributed by atoms with Crippen LogP contribution >= 0.6 is 0 Å². The number of nitrogens with zero attached hydrogens (tertiary/aromatic N) is 2. The van der Waals surface area contributed by atoms with Gasteiger partial charge in [-0.1, -0.05) is 6.92 Å². The summed E-state index contributed by atoms with van der Waals surface area (Å²) < 4.78 is 13.1. The van der Waals surface area contributed by atoms with Crippen LogP contribution < -0.4 is 5.32 Å². The third-order valence-electron chi connectivity index (χ3n) is 4.81. The first-order valence-corrected chi connectivity index (χ1v) is 9.10. The molecule has 0 saturated carbocycles. The first-order valence-electron chi connectivity index (χ1n) is 9.10. The number of anilines is 1. The minimum Gasteiger partial charge on any atom is -0.381 e. The molecule has 0 radical (unpaired) electrons. The molecule has 1 amide bonds. The SMILES string of the molecule is CCCN1Cc2cc(NCc3cn[nH]c3-c3ccc(F)cc3)ccc2C1=O. The van der Waals surface area contributed by atoms with Gasteiger partial charge in [0.2, 0.25) is 0 Å². The number of aromatic amines is 1. The molecule has 0 spiro atoms. The summed E-state index contributed by atoms with van der Waals surface area (Å²) in [6, 6.07) is 12.2. The van der Waals surface area contributed by atoms with E-state index in [2.05, 4.69) is 22.4 Å².